The Morgan fingerprint density at radius 2 is 2.17 bits per heavy atom. The van der Waals surface area contributed by atoms with Crippen molar-refractivity contribution in [2.24, 2.45) is 5.73 Å². The number of H-pyrrole nitrogens is 1. The van der Waals surface area contributed by atoms with E-state index in [0.717, 1.165) is 16.8 Å². The predicted molar refractivity (Wildman–Crippen MR) is 105 cm³/mol. The molecule has 4 rings (SSSR count). The van der Waals surface area contributed by atoms with Crippen molar-refractivity contribution in [2.75, 3.05) is 0 Å². The van der Waals surface area contributed by atoms with Crippen molar-refractivity contribution < 1.29 is 19.2 Å². The quantitative estimate of drug-likeness (QED) is 0.465. The zero-order valence-corrected chi connectivity index (χ0v) is 16.2. The summed E-state index contributed by atoms with van der Waals surface area (Å²) < 4.78 is 0. The number of nitrogens with zero attached hydrogens (tertiary/aromatic N) is 2. The number of aromatic amines is 1. The number of nitrogens with one attached hydrogen (secondary N) is 3. The van der Waals surface area contributed by atoms with Crippen molar-refractivity contribution in [3.8, 4) is 0 Å². The molecule has 10 nitrogen and oxygen atoms in total. The minimum Gasteiger partial charge on any atom is -0.351 e. The first-order valence-electron chi connectivity index (χ1n) is 9.69. The molecule has 0 spiro atoms. The van der Waals surface area contributed by atoms with E-state index in [2.05, 4.69) is 20.6 Å². The highest BCUT2D eigenvalue weighted by molar-refractivity contribution is 6.05. The molecule has 3 heterocycles. The van der Waals surface area contributed by atoms with Gasteiger partial charge in [-0.05, 0) is 23.6 Å². The standard InChI is InChI=1S/C20H22N6O4/c21-15(6-13-8-22-10-24-13)18(28)23-7-11-1-2-14-12(5-11)9-26(20(14)30)16-3-4-17(27)25-19(16)29/h1-2,5,8,10,15-16H,3-4,6-7,9,21H2,(H,22,24)(H,23,28)(H,25,27,29). The number of benzene rings is 1. The number of hydrogen-bond acceptors (Lipinski definition) is 6. The Bertz CT molecular complexity index is 1000. The molecule has 4 amide bonds. The van der Waals surface area contributed by atoms with Crippen LogP contribution >= 0.6 is 0 Å². The fraction of sp³-hybridized carbons (Fsp3) is 0.350. The van der Waals surface area contributed by atoms with Crippen LogP contribution in [0.1, 0.15) is 40.0 Å². The van der Waals surface area contributed by atoms with Gasteiger partial charge in [0.25, 0.3) is 5.91 Å². The molecule has 1 fully saturated rings. The van der Waals surface area contributed by atoms with Gasteiger partial charge in [0.2, 0.25) is 17.7 Å². The van der Waals surface area contributed by atoms with Gasteiger partial charge in [-0.1, -0.05) is 12.1 Å². The van der Waals surface area contributed by atoms with Gasteiger partial charge >= 0.3 is 0 Å². The van der Waals surface area contributed by atoms with Crippen LogP contribution in [-0.2, 0) is 33.9 Å². The van der Waals surface area contributed by atoms with Gasteiger partial charge in [-0.25, -0.2) is 4.98 Å². The number of carbonyl (C=O) groups excluding carboxylic acids is 4. The van der Waals surface area contributed by atoms with Crippen LogP contribution in [0.2, 0.25) is 0 Å². The largest absolute Gasteiger partial charge is 0.351 e. The van der Waals surface area contributed by atoms with Crippen molar-refractivity contribution in [1.29, 1.82) is 0 Å². The van der Waals surface area contributed by atoms with E-state index in [1.807, 2.05) is 6.07 Å². The van der Waals surface area contributed by atoms with Gasteiger partial charge in [0.1, 0.15) is 6.04 Å². The van der Waals surface area contributed by atoms with E-state index in [0.29, 0.717) is 24.9 Å². The second kappa shape index (κ2) is 8.07. The maximum absolute atomic E-state index is 12.7. The van der Waals surface area contributed by atoms with Crippen LogP contribution in [0.4, 0.5) is 0 Å². The molecule has 2 aliphatic rings. The summed E-state index contributed by atoms with van der Waals surface area (Å²) in [4.78, 5) is 56.7. The number of carbonyl (C=O) groups is 4. The molecule has 30 heavy (non-hydrogen) atoms. The molecular weight excluding hydrogens is 388 g/mol. The van der Waals surface area contributed by atoms with Gasteiger partial charge in [0.05, 0.1) is 12.4 Å². The van der Waals surface area contributed by atoms with E-state index in [1.54, 1.807) is 18.3 Å². The van der Waals surface area contributed by atoms with Gasteiger partial charge in [0.15, 0.2) is 0 Å². The van der Waals surface area contributed by atoms with Crippen LogP contribution < -0.4 is 16.4 Å². The Balaban J connectivity index is 1.37. The highest BCUT2D eigenvalue weighted by atomic mass is 16.2. The minimum absolute atomic E-state index is 0.215. The molecule has 0 radical (unpaired) electrons. The molecule has 10 heteroatoms. The van der Waals surface area contributed by atoms with Crippen LogP contribution in [0, 0.1) is 0 Å². The molecule has 156 valence electrons. The third kappa shape index (κ3) is 3.94. The Labute approximate surface area is 172 Å². The molecule has 5 N–H and O–H groups in total. The summed E-state index contributed by atoms with van der Waals surface area (Å²) in [5.74, 6) is -1.27. The van der Waals surface area contributed by atoms with Crippen LogP contribution in [-0.4, -0.2) is 50.6 Å². The second-order valence-electron chi connectivity index (χ2n) is 7.50. The number of fused-ring (bicyclic) bond motifs is 1. The Kier molecular flexibility index (Phi) is 5.32. The monoisotopic (exact) mass is 410 g/mol. The highest BCUT2D eigenvalue weighted by Gasteiger charge is 2.39. The number of hydrogen-bond donors (Lipinski definition) is 4. The number of piperidine rings is 1. The third-order valence-electron chi connectivity index (χ3n) is 5.39. The normalized spacial score (nSPS) is 19.4. The van der Waals surface area contributed by atoms with E-state index in [9.17, 15) is 19.2 Å². The third-order valence-corrected chi connectivity index (χ3v) is 5.39. The number of nitrogens with two attached hydrogens (primary N) is 1. The molecule has 2 unspecified atom stereocenters. The summed E-state index contributed by atoms with van der Waals surface area (Å²) in [5, 5.41) is 5.09. The van der Waals surface area contributed by atoms with Gasteiger partial charge in [0, 0.05) is 43.4 Å². The highest BCUT2D eigenvalue weighted by Crippen LogP contribution is 2.28. The molecule has 0 bridgehead atoms. The van der Waals surface area contributed by atoms with E-state index in [1.165, 1.54) is 11.2 Å². The summed E-state index contributed by atoms with van der Waals surface area (Å²) in [6, 6.07) is 3.97. The summed E-state index contributed by atoms with van der Waals surface area (Å²) in [6.07, 6.45) is 4.04. The lowest BCUT2D eigenvalue weighted by Gasteiger charge is -2.29. The van der Waals surface area contributed by atoms with Crippen molar-refractivity contribution in [1.82, 2.24) is 25.5 Å². The fourth-order valence-electron chi connectivity index (χ4n) is 3.78. The molecule has 0 aliphatic carbocycles. The first-order valence-corrected chi connectivity index (χ1v) is 9.69. The Morgan fingerprint density at radius 1 is 1.33 bits per heavy atom. The fourth-order valence-corrected chi connectivity index (χ4v) is 3.78. The second-order valence-corrected chi connectivity index (χ2v) is 7.50. The van der Waals surface area contributed by atoms with E-state index >= 15 is 0 Å². The van der Waals surface area contributed by atoms with Crippen LogP contribution in [0.15, 0.2) is 30.7 Å². The molecule has 1 saturated heterocycles. The SMILES string of the molecule is NC(Cc1cnc[nH]1)C(=O)NCc1ccc2c(c1)CN(C1CCC(=O)NC1=O)C2=O. The molecule has 1 aromatic carbocycles. The summed E-state index contributed by atoms with van der Waals surface area (Å²) in [6.45, 7) is 0.566. The van der Waals surface area contributed by atoms with E-state index < -0.39 is 18.0 Å². The smallest absolute Gasteiger partial charge is 0.255 e. The molecule has 0 saturated carbocycles. The van der Waals surface area contributed by atoms with Crippen LogP contribution in [0.3, 0.4) is 0 Å². The summed E-state index contributed by atoms with van der Waals surface area (Å²) >= 11 is 0. The lowest BCUT2D eigenvalue weighted by Crippen LogP contribution is -2.52. The lowest BCUT2D eigenvalue weighted by molar-refractivity contribution is -0.137. The van der Waals surface area contributed by atoms with E-state index in [-0.39, 0.29) is 30.7 Å². The van der Waals surface area contributed by atoms with Crippen molar-refractivity contribution in [3.63, 3.8) is 0 Å². The molecule has 1 aromatic heterocycles. The van der Waals surface area contributed by atoms with Gasteiger partial charge in [-0.15, -0.1) is 0 Å². The number of rotatable bonds is 6. The molecular formula is C20H22N6O4. The minimum atomic E-state index is -0.704. The molecule has 2 aliphatic heterocycles. The number of amides is 4. The van der Waals surface area contributed by atoms with Crippen molar-refractivity contribution >= 4 is 23.6 Å². The van der Waals surface area contributed by atoms with Crippen LogP contribution in [0.25, 0.3) is 0 Å². The average Bonchev–Trinajstić information content (AvgIpc) is 3.34. The first-order chi connectivity index (χ1) is 14.4. The molecule has 2 atom stereocenters. The Hall–Kier alpha value is -3.53. The summed E-state index contributed by atoms with van der Waals surface area (Å²) in [5.41, 5.74) is 8.86. The van der Waals surface area contributed by atoms with Crippen LogP contribution in [0.5, 0.6) is 0 Å². The average molecular weight is 410 g/mol. The summed E-state index contributed by atoms with van der Waals surface area (Å²) in [7, 11) is 0. The number of imidazole rings is 1. The predicted octanol–water partition coefficient (Wildman–Crippen LogP) is -0.643. The Morgan fingerprint density at radius 3 is 2.90 bits per heavy atom. The van der Waals surface area contributed by atoms with Gasteiger partial charge in [-0.3, -0.25) is 24.5 Å². The number of aromatic nitrogens is 2. The van der Waals surface area contributed by atoms with E-state index in [4.69, 9.17) is 5.73 Å². The maximum atomic E-state index is 12.7. The topological polar surface area (TPSA) is 150 Å². The molecule has 2 aromatic rings. The maximum Gasteiger partial charge on any atom is 0.255 e. The zero-order chi connectivity index (χ0) is 21.3. The van der Waals surface area contributed by atoms with Crippen molar-refractivity contribution in [2.45, 2.75) is 44.4 Å². The number of imide groups is 1. The first kappa shape index (κ1) is 19.8. The van der Waals surface area contributed by atoms with Crippen molar-refractivity contribution in [3.05, 3.63) is 53.1 Å². The zero-order valence-electron chi connectivity index (χ0n) is 16.2. The lowest BCUT2D eigenvalue weighted by atomic mass is 10.0. The van der Waals surface area contributed by atoms with Gasteiger partial charge in [-0.2, -0.15) is 0 Å². The van der Waals surface area contributed by atoms with Gasteiger partial charge < -0.3 is 20.9 Å².